The fourth-order valence-corrected chi connectivity index (χ4v) is 1.48. The second-order valence-electron chi connectivity index (χ2n) is 3.73. The molecule has 0 aliphatic carbocycles. The molecule has 0 spiro atoms. The molecule has 0 saturated heterocycles. The van der Waals surface area contributed by atoms with Gasteiger partial charge in [-0.05, 0) is 42.8 Å². The van der Waals surface area contributed by atoms with Crippen LogP contribution in [0.4, 0.5) is 11.5 Å². The van der Waals surface area contributed by atoms with Crippen molar-refractivity contribution >= 4 is 17.5 Å². The molecule has 4 nitrogen and oxygen atoms in total. The number of aryl methyl sites for hydroxylation is 1. The number of carboxylic acid groups (broad SMARTS) is 1. The smallest absolute Gasteiger partial charge is 0.335 e. The van der Waals surface area contributed by atoms with Crippen molar-refractivity contribution in [2.75, 3.05) is 5.32 Å². The highest BCUT2D eigenvalue weighted by Gasteiger charge is 2.03. The molecule has 0 aliphatic heterocycles. The summed E-state index contributed by atoms with van der Waals surface area (Å²) in [4.78, 5) is 15.0. The van der Waals surface area contributed by atoms with Gasteiger partial charge in [0.25, 0.3) is 0 Å². The number of carboxylic acids is 1. The summed E-state index contributed by atoms with van der Waals surface area (Å²) in [7, 11) is 0. The van der Waals surface area contributed by atoms with Crippen LogP contribution in [0, 0.1) is 6.92 Å². The summed E-state index contributed by atoms with van der Waals surface area (Å²) < 4.78 is 0. The number of rotatable bonds is 3. The standard InChI is InChI=1S/C13H12N2O2/c1-9-5-6-14-12(7-9)15-11-4-2-3-10(8-11)13(16)17/h2-8H,1H3,(H,14,15)(H,16,17). The van der Waals surface area contributed by atoms with E-state index in [4.69, 9.17) is 5.11 Å². The number of nitrogens with one attached hydrogen (secondary N) is 1. The number of aromatic nitrogens is 1. The molecule has 0 aliphatic rings. The lowest BCUT2D eigenvalue weighted by molar-refractivity contribution is 0.0697. The van der Waals surface area contributed by atoms with Gasteiger partial charge in [0.15, 0.2) is 0 Å². The normalized spacial score (nSPS) is 9.94. The second-order valence-corrected chi connectivity index (χ2v) is 3.73. The quantitative estimate of drug-likeness (QED) is 0.847. The van der Waals surface area contributed by atoms with Crippen LogP contribution in [0.5, 0.6) is 0 Å². The van der Waals surface area contributed by atoms with Crippen molar-refractivity contribution in [1.82, 2.24) is 4.98 Å². The van der Waals surface area contributed by atoms with Gasteiger partial charge in [-0.25, -0.2) is 9.78 Å². The summed E-state index contributed by atoms with van der Waals surface area (Å²) in [6, 6.07) is 10.4. The molecule has 0 bridgehead atoms. The van der Waals surface area contributed by atoms with E-state index in [1.54, 1.807) is 30.5 Å². The number of hydrogen-bond donors (Lipinski definition) is 2. The summed E-state index contributed by atoms with van der Waals surface area (Å²) in [5.74, 6) is -0.238. The van der Waals surface area contributed by atoms with Crippen LogP contribution in [0.15, 0.2) is 42.6 Å². The van der Waals surface area contributed by atoms with Crippen molar-refractivity contribution in [2.24, 2.45) is 0 Å². The molecular weight excluding hydrogens is 216 g/mol. The second kappa shape index (κ2) is 4.65. The van der Waals surface area contributed by atoms with Gasteiger partial charge in [-0.1, -0.05) is 6.07 Å². The molecule has 4 heteroatoms. The van der Waals surface area contributed by atoms with Gasteiger partial charge >= 0.3 is 5.97 Å². The molecule has 86 valence electrons. The molecule has 1 aromatic heterocycles. The summed E-state index contributed by atoms with van der Waals surface area (Å²) in [5.41, 5.74) is 2.06. The van der Waals surface area contributed by atoms with Crippen molar-refractivity contribution in [3.05, 3.63) is 53.7 Å². The summed E-state index contributed by atoms with van der Waals surface area (Å²) >= 11 is 0. The molecule has 0 atom stereocenters. The van der Waals surface area contributed by atoms with Gasteiger partial charge in [-0.15, -0.1) is 0 Å². The highest BCUT2D eigenvalue weighted by atomic mass is 16.4. The van der Waals surface area contributed by atoms with Gasteiger partial charge < -0.3 is 10.4 Å². The predicted molar refractivity (Wildman–Crippen MR) is 65.7 cm³/mol. The lowest BCUT2D eigenvalue weighted by Crippen LogP contribution is -1.98. The minimum absolute atomic E-state index is 0.252. The fraction of sp³-hybridized carbons (Fsp3) is 0.0769. The van der Waals surface area contributed by atoms with Crippen LogP contribution in [0.25, 0.3) is 0 Å². The van der Waals surface area contributed by atoms with E-state index in [9.17, 15) is 4.79 Å². The van der Waals surface area contributed by atoms with Gasteiger partial charge in [0.1, 0.15) is 5.82 Å². The molecule has 0 unspecified atom stereocenters. The van der Waals surface area contributed by atoms with Gasteiger partial charge in [0, 0.05) is 11.9 Å². The maximum Gasteiger partial charge on any atom is 0.335 e. The predicted octanol–water partition coefficient (Wildman–Crippen LogP) is 2.83. The van der Waals surface area contributed by atoms with Crippen LogP contribution in [0.3, 0.4) is 0 Å². The number of anilines is 2. The lowest BCUT2D eigenvalue weighted by Gasteiger charge is -2.06. The molecule has 17 heavy (non-hydrogen) atoms. The first kappa shape index (κ1) is 11.1. The number of nitrogens with zero attached hydrogens (tertiary/aromatic N) is 1. The lowest BCUT2D eigenvalue weighted by atomic mass is 10.2. The van der Waals surface area contributed by atoms with Crippen LogP contribution < -0.4 is 5.32 Å². The zero-order valence-corrected chi connectivity index (χ0v) is 9.34. The average molecular weight is 228 g/mol. The summed E-state index contributed by atoms with van der Waals surface area (Å²) in [6.07, 6.45) is 1.71. The molecule has 0 amide bonds. The summed E-state index contributed by atoms with van der Waals surface area (Å²) in [6.45, 7) is 1.97. The molecule has 1 heterocycles. The Morgan fingerprint density at radius 3 is 2.82 bits per heavy atom. The van der Waals surface area contributed by atoms with Crippen LogP contribution in [0.2, 0.25) is 0 Å². The zero-order chi connectivity index (χ0) is 12.3. The van der Waals surface area contributed by atoms with Gasteiger partial charge in [0.05, 0.1) is 5.56 Å². The van der Waals surface area contributed by atoms with E-state index in [0.717, 1.165) is 5.56 Å². The SMILES string of the molecule is Cc1ccnc(Nc2cccc(C(=O)O)c2)c1. The molecule has 2 aromatic rings. The van der Waals surface area contributed by atoms with Crippen molar-refractivity contribution in [3.63, 3.8) is 0 Å². The van der Waals surface area contributed by atoms with E-state index < -0.39 is 5.97 Å². The van der Waals surface area contributed by atoms with Gasteiger partial charge in [-0.2, -0.15) is 0 Å². The molecule has 2 rings (SSSR count). The molecule has 1 aromatic carbocycles. The largest absolute Gasteiger partial charge is 0.478 e. The number of pyridine rings is 1. The van der Waals surface area contributed by atoms with Crippen molar-refractivity contribution in [2.45, 2.75) is 6.92 Å². The Hall–Kier alpha value is -2.36. The Kier molecular flexibility index (Phi) is 3.05. The molecular formula is C13H12N2O2. The summed E-state index contributed by atoms with van der Waals surface area (Å²) in [5, 5.41) is 11.9. The van der Waals surface area contributed by atoms with Crippen molar-refractivity contribution in [3.8, 4) is 0 Å². The Morgan fingerprint density at radius 2 is 2.12 bits per heavy atom. The number of carbonyl (C=O) groups is 1. The highest BCUT2D eigenvalue weighted by Crippen LogP contribution is 2.16. The fourth-order valence-electron chi connectivity index (χ4n) is 1.48. The zero-order valence-electron chi connectivity index (χ0n) is 9.34. The Labute approximate surface area is 98.9 Å². The molecule has 0 radical (unpaired) electrons. The Morgan fingerprint density at radius 1 is 1.29 bits per heavy atom. The average Bonchev–Trinajstić information content (AvgIpc) is 2.29. The first-order valence-electron chi connectivity index (χ1n) is 5.18. The van der Waals surface area contributed by atoms with E-state index in [2.05, 4.69) is 10.3 Å². The van der Waals surface area contributed by atoms with Crippen LogP contribution >= 0.6 is 0 Å². The first-order valence-corrected chi connectivity index (χ1v) is 5.18. The van der Waals surface area contributed by atoms with Crippen LogP contribution in [0.1, 0.15) is 15.9 Å². The molecule has 2 N–H and O–H groups in total. The van der Waals surface area contributed by atoms with E-state index >= 15 is 0 Å². The van der Waals surface area contributed by atoms with Crippen LogP contribution in [-0.4, -0.2) is 16.1 Å². The van der Waals surface area contributed by atoms with Crippen molar-refractivity contribution in [1.29, 1.82) is 0 Å². The van der Waals surface area contributed by atoms with Crippen molar-refractivity contribution < 1.29 is 9.90 Å². The Balaban J connectivity index is 2.24. The number of aromatic carboxylic acids is 1. The minimum Gasteiger partial charge on any atom is -0.478 e. The third kappa shape index (κ3) is 2.81. The highest BCUT2D eigenvalue weighted by molar-refractivity contribution is 5.89. The molecule has 0 fully saturated rings. The maximum atomic E-state index is 10.8. The maximum absolute atomic E-state index is 10.8. The third-order valence-corrected chi connectivity index (χ3v) is 2.30. The van der Waals surface area contributed by atoms with E-state index in [-0.39, 0.29) is 5.56 Å². The third-order valence-electron chi connectivity index (χ3n) is 2.30. The Bertz CT molecular complexity index is 553. The minimum atomic E-state index is -0.939. The first-order chi connectivity index (χ1) is 8.15. The van der Waals surface area contributed by atoms with Gasteiger partial charge in [-0.3, -0.25) is 0 Å². The van der Waals surface area contributed by atoms with Crippen LogP contribution in [-0.2, 0) is 0 Å². The van der Waals surface area contributed by atoms with E-state index in [1.165, 1.54) is 0 Å². The molecule has 0 saturated carbocycles. The van der Waals surface area contributed by atoms with Gasteiger partial charge in [0.2, 0.25) is 0 Å². The van der Waals surface area contributed by atoms with E-state index in [0.29, 0.717) is 11.5 Å². The monoisotopic (exact) mass is 228 g/mol. The van der Waals surface area contributed by atoms with E-state index in [1.807, 2.05) is 19.1 Å². The number of hydrogen-bond acceptors (Lipinski definition) is 3. The number of benzene rings is 1. The topological polar surface area (TPSA) is 62.2 Å².